The van der Waals surface area contributed by atoms with Crippen molar-refractivity contribution in [1.29, 1.82) is 0 Å². The van der Waals surface area contributed by atoms with E-state index in [1.54, 1.807) is 24.3 Å². The van der Waals surface area contributed by atoms with E-state index < -0.39 is 0 Å². The van der Waals surface area contributed by atoms with Crippen LogP contribution in [0.5, 0.6) is 0 Å². The quantitative estimate of drug-likeness (QED) is 0.747. The van der Waals surface area contributed by atoms with Crippen molar-refractivity contribution in [3.8, 4) is 11.8 Å². The Labute approximate surface area is 95.5 Å². The summed E-state index contributed by atoms with van der Waals surface area (Å²) in [5.41, 5.74) is 1.48. The zero-order valence-electron chi connectivity index (χ0n) is 9.29. The summed E-state index contributed by atoms with van der Waals surface area (Å²) in [5, 5.41) is 11.3. The maximum Gasteiger partial charge on any atom is 0.251 e. The topological polar surface area (TPSA) is 49.3 Å². The molecular formula is C13H15NO2. The van der Waals surface area contributed by atoms with Gasteiger partial charge in [-0.2, -0.15) is 0 Å². The number of benzene rings is 1. The number of rotatable bonds is 3. The third-order valence-electron chi connectivity index (χ3n) is 1.95. The van der Waals surface area contributed by atoms with Crippen LogP contribution in [-0.4, -0.2) is 24.2 Å². The zero-order valence-corrected chi connectivity index (χ0v) is 9.29. The third-order valence-corrected chi connectivity index (χ3v) is 1.95. The summed E-state index contributed by atoms with van der Waals surface area (Å²) in [4.78, 5) is 11.4. The monoisotopic (exact) mass is 217 g/mol. The first-order chi connectivity index (χ1) is 7.77. The second-order valence-electron chi connectivity index (χ2n) is 3.21. The Bertz CT molecular complexity index is 398. The van der Waals surface area contributed by atoms with Crippen molar-refractivity contribution in [3.05, 3.63) is 35.4 Å². The fourth-order valence-electron chi connectivity index (χ4n) is 1.19. The standard InChI is InChI=1S/C13H15NO2/c1-2-14-13(16)12-8-6-11(7-9-12)5-3-4-10-15/h6-9,15H,2,4,10H2,1H3,(H,14,16). The average Bonchev–Trinajstić information content (AvgIpc) is 2.30. The lowest BCUT2D eigenvalue weighted by molar-refractivity contribution is 0.0956. The minimum atomic E-state index is -0.0719. The van der Waals surface area contributed by atoms with E-state index >= 15 is 0 Å². The molecule has 0 heterocycles. The van der Waals surface area contributed by atoms with E-state index in [2.05, 4.69) is 17.2 Å². The lowest BCUT2D eigenvalue weighted by Gasteiger charge is -2.01. The first-order valence-corrected chi connectivity index (χ1v) is 5.26. The fourth-order valence-corrected chi connectivity index (χ4v) is 1.19. The Hall–Kier alpha value is -1.79. The van der Waals surface area contributed by atoms with E-state index in [9.17, 15) is 4.79 Å². The number of aliphatic hydroxyl groups excluding tert-OH is 1. The highest BCUT2D eigenvalue weighted by Gasteiger charge is 2.01. The molecule has 1 aromatic carbocycles. The summed E-state index contributed by atoms with van der Waals surface area (Å²) in [5.74, 6) is 5.65. The molecule has 0 bridgehead atoms. The van der Waals surface area contributed by atoms with Gasteiger partial charge in [-0.25, -0.2) is 0 Å². The van der Waals surface area contributed by atoms with E-state index in [1.807, 2.05) is 6.92 Å². The Morgan fingerprint density at radius 1 is 1.38 bits per heavy atom. The van der Waals surface area contributed by atoms with Gasteiger partial charge in [0, 0.05) is 24.1 Å². The van der Waals surface area contributed by atoms with Crippen LogP contribution in [0, 0.1) is 11.8 Å². The molecule has 3 nitrogen and oxygen atoms in total. The minimum Gasteiger partial charge on any atom is -0.395 e. The molecule has 0 fully saturated rings. The molecule has 2 N–H and O–H groups in total. The highest BCUT2D eigenvalue weighted by atomic mass is 16.2. The van der Waals surface area contributed by atoms with Crippen LogP contribution >= 0.6 is 0 Å². The van der Waals surface area contributed by atoms with E-state index in [0.717, 1.165) is 5.56 Å². The number of carbonyl (C=O) groups excluding carboxylic acids is 1. The van der Waals surface area contributed by atoms with Crippen molar-refractivity contribution in [3.63, 3.8) is 0 Å². The summed E-state index contributed by atoms with van der Waals surface area (Å²) in [6.07, 6.45) is 0.470. The molecule has 0 atom stereocenters. The van der Waals surface area contributed by atoms with Crippen LogP contribution in [0.15, 0.2) is 24.3 Å². The van der Waals surface area contributed by atoms with Crippen LogP contribution in [0.2, 0.25) is 0 Å². The number of nitrogens with one attached hydrogen (secondary N) is 1. The molecule has 1 amide bonds. The fraction of sp³-hybridized carbons (Fsp3) is 0.308. The van der Waals surface area contributed by atoms with Gasteiger partial charge in [0.15, 0.2) is 0 Å². The van der Waals surface area contributed by atoms with E-state index in [-0.39, 0.29) is 12.5 Å². The molecule has 0 saturated carbocycles. The van der Waals surface area contributed by atoms with E-state index in [0.29, 0.717) is 18.5 Å². The summed E-state index contributed by atoms with van der Waals surface area (Å²) in [6, 6.07) is 7.09. The van der Waals surface area contributed by atoms with Gasteiger partial charge in [-0.05, 0) is 31.2 Å². The minimum absolute atomic E-state index is 0.0719. The van der Waals surface area contributed by atoms with Crippen LogP contribution in [-0.2, 0) is 0 Å². The molecule has 0 spiro atoms. The SMILES string of the molecule is CCNC(=O)c1ccc(C#CCCO)cc1. The van der Waals surface area contributed by atoms with Gasteiger partial charge in [-0.15, -0.1) is 0 Å². The van der Waals surface area contributed by atoms with Gasteiger partial charge < -0.3 is 10.4 Å². The van der Waals surface area contributed by atoms with Crippen LogP contribution in [0.4, 0.5) is 0 Å². The molecule has 0 aliphatic rings. The van der Waals surface area contributed by atoms with Crippen LogP contribution < -0.4 is 5.32 Å². The predicted molar refractivity (Wildman–Crippen MR) is 63.0 cm³/mol. The lowest BCUT2D eigenvalue weighted by Crippen LogP contribution is -2.22. The molecule has 0 saturated heterocycles. The maximum atomic E-state index is 11.4. The molecule has 0 aliphatic heterocycles. The summed E-state index contributed by atoms with van der Waals surface area (Å²) in [7, 11) is 0. The Morgan fingerprint density at radius 3 is 2.62 bits per heavy atom. The first kappa shape index (κ1) is 12.3. The highest BCUT2D eigenvalue weighted by molar-refractivity contribution is 5.94. The second kappa shape index (κ2) is 6.65. The second-order valence-corrected chi connectivity index (χ2v) is 3.21. The van der Waals surface area contributed by atoms with Crippen molar-refractivity contribution in [1.82, 2.24) is 5.32 Å². The van der Waals surface area contributed by atoms with Gasteiger partial charge in [0.05, 0.1) is 6.61 Å². The van der Waals surface area contributed by atoms with Crippen molar-refractivity contribution in [2.45, 2.75) is 13.3 Å². The molecule has 16 heavy (non-hydrogen) atoms. The van der Waals surface area contributed by atoms with Crippen molar-refractivity contribution < 1.29 is 9.90 Å². The number of carbonyl (C=O) groups is 1. The Balaban J connectivity index is 2.69. The lowest BCUT2D eigenvalue weighted by atomic mass is 10.1. The van der Waals surface area contributed by atoms with Gasteiger partial charge in [0.2, 0.25) is 0 Å². The van der Waals surface area contributed by atoms with Crippen molar-refractivity contribution in [2.24, 2.45) is 0 Å². The maximum absolute atomic E-state index is 11.4. The molecule has 84 valence electrons. The largest absolute Gasteiger partial charge is 0.395 e. The first-order valence-electron chi connectivity index (χ1n) is 5.26. The summed E-state index contributed by atoms with van der Waals surface area (Å²) in [6.45, 7) is 2.58. The Kier molecular flexibility index (Phi) is 5.10. The Morgan fingerprint density at radius 2 is 2.06 bits per heavy atom. The summed E-state index contributed by atoms with van der Waals surface area (Å²) < 4.78 is 0. The highest BCUT2D eigenvalue weighted by Crippen LogP contribution is 2.03. The molecule has 0 aliphatic carbocycles. The average molecular weight is 217 g/mol. The molecule has 1 rings (SSSR count). The van der Waals surface area contributed by atoms with Crippen LogP contribution in [0.25, 0.3) is 0 Å². The van der Waals surface area contributed by atoms with Crippen molar-refractivity contribution >= 4 is 5.91 Å². The summed E-state index contributed by atoms with van der Waals surface area (Å²) >= 11 is 0. The molecule has 0 radical (unpaired) electrons. The van der Waals surface area contributed by atoms with Gasteiger partial charge in [-0.1, -0.05) is 11.8 Å². The van der Waals surface area contributed by atoms with Crippen LogP contribution in [0.3, 0.4) is 0 Å². The molecule has 1 aromatic rings. The van der Waals surface area contributed by atoms with E-state index in [4.69, 9.17) is 5.11 Å². The predicted octanol–water partition coefficient (Wildman–Crippen LogP) is 1.17. The number of aliphatic hydroxyl groups is 1. The van der Waals surface area contributed by atoms with Gasteiger partial charge >= 0.3 is 0 Å². The smallest absolute Gasteiger partial charge is 0.251 e. The molecule has 0 unspecified atom stereocenters. The molecule has 0 aromatic heterocycles. The van der Waals surface area contributed by atoms with E-state index in [1.165, 1.54) is 0 Å². The van der Waals surface area contributed by atoms with Gasteiger partial charge in [0.25, 0.3) is 5.91 Å². The number of hydrogen-bond donors (Lipinski definition) is 2. The van der Waals surface area contributed by atoms with Gasteiger partial charge in [0.1, 0.15) is 0 Å². The zero-order chi connectivity index (χ0) is 11.8. The van der Waals surface area contributed by atoms with Gasteiger partial charge in [-0.3, -0.25) is 4.79 Å². The van der Waals surface area contributed by atoms with Crippen molar-refractivity contribution in [2.75, 3.05) is 13.2 Å². The normalized spacial score (nSPS) is 9.12. The molecular weight excluding hydrogens is 202 g/mol. The number of amides is 1. The number of hydrogen-bond acceptors (Lipinski definition) is 2. The molecule has 3 heteroatoms. The van der Waals surface area contributed by atoms with Crippen LogP contribution in [0.1, 0.15) is 29.3 Å². The third kappa shape index (κ3) is 3.76.